The van der Waals surface area contributed by atoms with E-state index in [2.05, 4.69) is 0 Å². The Bertz CT molecular complexity index is 1290. The van der Waals surface area contributed by atoms with Crippen molar-refractivity contribution in [2.24, 2.45) is 5.73 Å². The lowest BCUT2D eigenvalue weighted by Gasteiger charge is -2.22. The van der Waals surface area contributed by atoms with Gasteiger partial charge in [0.05, 0.1) is 11.9 Å². The number of rotatable bonds is 9. The number of nitrogens with two attached hydrogens (primary N) is 1. The minimum atomic E-state index is -0.0829. The number of aromatic nitrogens is 2. The second-order valence-corrected chi connectivity index (χ2v) is 9.07. The fourth-order valence-electron chi connectivity index (χ4n) is 3.78. The van der Waals surface area contributed by atoms with Crippen LogP contribution in [0, 0.1) is 0 Å². The van der Waals surface area contributed by atoms with Gasteiger partial charge in [0, 0.05) is 36.6 Å². The second-order valence-electron chi connectivity index (χ2n) is 7.74. The van der Waals surface area contributed by atoms with E-state index in [1.807, 2.05) is 41.8 Å². The maximum absolute atomic E-state index is 13.2. The van der Waals surface area contributed by atoms with Crippen LogP contribution in [0.3, 0.4) is 0 Å². The molecule has 4 rings (SSSR count). The third-order valence-corrected chi connectivity index (χ3v) is 6.51. The molecule has 0 saturated heterocycles. The number of hydrogen-bond acceptors (Lipinski definition) is 5. The molecule has 4 aromatic rings. The van der Waals surface area contributed by atoms with Crippen molar-refractivity contribution in [2.45, 2.75) is 19.4 Å². The first kappa shape index (κ1) is 23.2. The van der Waals surface area contributed by atoms with Gasteiger partial charge in [-0.3, -0.25) is 14.2 Å². The summed E-state index contributed by atoms with van der Waals surface area (Å²) in [5, 5.41) is 3.12. The standard InChI is InChI=1S/C25H25ClN4O2S/c26-20-10-8-19(9-11-20)24(31)29(15-13-27)14-4-7-22-28-23-21(12-16-33-23)25(32)30(22)17-18-5-2-1-3-6-18/h1-3,5-6,8-12,16H,4,7,13-15,17,27H2. The molecule has 0 aliphatic carbocycles. The number of carbonyl (C=O) groups excluding carboxylic acids is 1. The predicted octanol–water partition coefficient (Wildman–Crippen LogP) is 4.19. The van der Waals surface area contributed by atoms with Crippen molar-refractivity contribution in [3.63, 3.8) is 0 Å². The Hall–Kier alpha value is -3.00. The summed E-state index contributed by atoms with van der Waals surface area (Å²) in [5.74, 6) is 0.644. The quantitative estimate of drug-likeness (QED) is 0.389. The fourth-order valence-corrected chi connectivity index (χ4v) is 4.68. The lowest BCUT2D eigenvalue weighted by atomic mass is 10.1. The van der Waals surface area contributed by atoms with E-state index in [1.54, 1.807) is 33.7 Å². The summed E-state index contributed by atoms with van der Waals surface area (Å²) in [7, 11) is 0. The Morgan fingerprint density at radius 3 is 2.55 bits per heavy atom. The van der Waals surface area contributed by atoms with E-state index in [4.69, 9.17) is 22.3 Å². The summed E-state index contributed by atoms with van der Waals surface area (Å²) in [6, 6.07) is 18.6. The predicted molar refractivity (Wildman–Crippen MR) is 134 cm³/mol. The van der Waals surface area contributed by atoms with Gasteiger partial charge in [-0.15, -0.1) is 11.3 Å². The lowest BCUT2D eigenvalue weighted by molar-refractivity contribution is 0.0758. The first-order valence-corrected chi connectivity index (χ1v) is 12.1. The maximum Gasteiger partial charge on any atom is 0.262 e. The number of benzene rings is 2. The van der Waals surface area contributed by atoms with Crippen molar-refractivity contribution in [3.05, 3.63) is 98.4 Å². The molecule has 2 N–H and O–H groups in total. The third-order valence-electron chi connectivity index (χ3n) is 5.45. The van der Waals surface area contributed by atoms with Crippen molar-refractivity contribution >= 4 is 39.1 Å². The Morgan fingerprint density at radius 1 is 1.06 bits per heavy atom. The highest BCUT2D eigenvalue weighted by Gasteiger charge is 2.17. The number of hydrogen-bond donors (Lipinski definition) is 1. The monoisotopic (exact) mass is 480 g/mol. The van der Waals surface area contributed by atoms with Gasteiger partial charge in [0.25, 0.3) is 11.5 Å². The molecule has 0 fully saturated rings. The highest BCUT2D eigenvalue weighted by molar-refractivity contribution is 7.16. The second kappa shape index (κ2) is 10.7. The van der Waals surface area contributed by atoms with Gasteiger partial charge in [0.15, 0.2) is 0 Å². The molecule has 1 amide bonds. The summed E-state index contributed by atoms with van der Waals surface area (Å²) < 4.78 is 1.75. The number of fused-ring (bicyclic) bond motifs is 1. The van der Waals surface area contributed by atoms with Crippen LogP contribution >= 0.6 is 22.9 Å². The summed E-state index contributed by atoms with van der Waals surface area (Å²) in [5.41, 5.74) is 7.35. The van der Waals surface area contributed by atoms with Gasteiger partial charge < -0.3 is 10.6 Å². The van der Waals surface area contributed by atoms with Gasteiger partial charge in [-0.25, -0.2) is 4.98 Å². The molecule has 0 saturated carbocycles. The molecule has 170 valence electrons. The summed E-state index contributed by atoms with van der Waals surface area (Å²) in [6.07, 6.45) is 1.24. The van der Waals surface area contributed by atoms with Crippen LogP contribution in [0.1, 0.15) is 28.2 Å². The molecule has 0 spiro atoms. The van der Waals surface area contributed by atoms with Crippen LogP contribution in [0.4, 0.5) is 0 Å². The average molecular weight is 481 g/mol. The first-order chi connectivity index (χ1) is 16.1. The topological polar surface area (TPSA) is 81.2 Å². The zero-order valence-electron chi connectivity index (χ0n) is 18.1. The van der Waals surface area contributed by atoms with Crippen molar-refractivity contribution < 1.29 is 4.79 Å². The van der Waals surface area contributed by atoms with Crippen LogP contribution in [0.5, 0.6) is 0 Å². The highest BCUT2D eigenvalue weighted by atomic mass is 35.5. The summed E-state index contributed by atoms with van der Waals surface area (Å²) in [4.78, 5) is 33.4. The highest BCUT2D eigenvalue weighted by Crippen LogP contribution is 2.17. The molecular formula is C25H25ClN4O2S. The van der Waals surface area contributed by atoms with E-state index < -0.39 is 0 Å². The Balaban J connectivity index is 1.54. The van der Waals surface area contributed by atoms with Crippen LogP contribution in [-0.4, -0.2) is 40.0 Å². The van der Waals surface area contributed by atoms with Crippen LogP contribution < -0.4 is 11.3 Å². The van der Waals surface area contributed by atoms with Gasteiger partial charge in [0.2, 0.25) is 0 Å². The Labute approximate surface area is 201 Å². The maximum atomic E-state index is 13.2. The largest absolute Gasteiger partial charge is 0.337 e. The number of nitrogens with zero attached hydrogens (tertiary/aromatic N) is 3. The van der Waals surface area contributed by atoms with Crippen LogP contribution in [0.25, 0.3) is 10.2 Å². The molecule has 2 aromatic heterocycles. The van der Waals surface area contributed by atoms with Gasteiger partial charge in [0.1, 0.15) is 10.7 Å². The number of thiophene rings is 1. The zero-order valence-corrected chi connectivity index (χ0v) is 19.7. The molecule has 0 aliphatic rings. The van der Waals surface area contributed by atoms with Gasteiger partial charge in [-0.1, -0.05) is 41.9 Å². The minimum Gasteiger partial charge on any atom is -0.337 e. The van der Waals surface area contributed by atoms with E-state index in [0.717, 1.165) is 16.2 Å². The van der Waals surface area contributed by atoms with E-state index in [9.17, 15) is 9.59 Å². The minimum absolute atomic E-state index is 0.0313. The molecule has 2 heterocycles. The van der Waals surface area contributed by atoms with Crippen molar-refractivity contribution in [3.8, 4) is 0 Å². The SMILES string of the molecule is NCCN(CCCc1nc2sccc2c(=O)n1Cc1ccccc1)C(=O)c1ccc(Cl)cc1. The molecule has 2 aromatic carbocycles. The third kappa shape index (κ3) is 5.50. The van der Waals surface area contributed by atoms with Crippen molar-refractivity contribution in [1.29, 1.82) is 0 Å². The number of amides is 1. The van der Waals surface area contributed by atoms with E-state index in [1.165, 1.54) is 11.3 Å². The molecule has 0 aliphatic heterocycles. The van der Waals surface area contributed by atoms with Gasteiger partial charge in [-0.05, 0) is 47.7 Å². The summed E-state index contributed by atoms with van der Waals surface area (Å²) in [6.45, 7) is 1.81. The first-order valence-electron chi connectivity index (χ1n) is 10.8. The molecular weight excluding hydrogens is 456 g/mol. The zero-order chi connectivity index (χ0) is 23.2. The van der Waals surface area contributed by atoms with E-state index in [-0.39, 0.29) is 11.5 Å². The molecule has 0 bridgehead atoms. The molecule has 6 nitrogen and oxygen atoms in total. The Kier molecular flexibility index (Phi) is 7.54. The number of halogens is 1. The molecule has 8 heteroatoms. The average Bonchev–Trinajstić information content (AvgIpc) is 3.30. The van der Waals surface area contributed by atoms with Crippen LogP contribution in [-0.2, 0) is 13.0 Å². The normalized spacial score (nSPS) is 11.1. The Morgan fingerprint density at radius 2 is 1.82 bits per heavy atom. The van der Waals surface area contributed by atoms with E-state index in [0.29, 0.717) is 55.0 Å². The van der Waals surface area contributed by atoms with Gasteiger partial charge in [-0.2, -0.15) is 0 Å². The van der Waals surface area contributed by atoms with Crippen molar-refractivity contribution in [1.82, 2.24) is 14.5 Å². The molecule has 0 atom stereocenters. The van der Waals surface area contributed by atoms with E-state index >= 15 is 0 Å². The molecule has 0 unspecified atom stereocenters. The fraction of sp³-hybridized carbons (Fsp3) is 0.240. The van der Waals surface area contributed by atoms with Crippen molar-refractivity contribution in [2.75, 3.05) is 19.6 Å². The van der Waals surface area contributed by atoms with Crippen LogP contribution in [0.2, 0.25) is 5.02 Å². The lowest BCUT2D eigenvalue weighted by Crippen LogP contribution is -2.36. The summed E-state index contributed by atoms with van der Waals surface area (Å²) >= 11 is 7.41. The molecule has 0 radical (unpaired) electrons. The smallest absolute Gasteiger partial charge is 0.262 e. The molecule has 33 heavy (non-hydrogen) atoms. The van der Waals surface area contributed by atoms with Gasteiger partial charge >= 0.3 is 0 Å². The number of aryl methyl sites for hydroxylation is 1. The van der Waals surface area contributed by atoms with Crippen LogP contribution in [0.15, 0.2) is 70.8 Å². The number of carbonyl (C=O) groups is 1.